The van der Waals surface area contributed by atoms with E-state index in [9.17, 15) is 10.1 Å². The number of nitrogens with zero attached hydrogens (tertiary/aromatic N) is 2. The topological polar surface area (TPSA) is 46.4 Å². The summed E-state index contributed by atoms with van der Waals surface area (Å²) >= 11 is 1.55. The lowest BCUT2D eigenvalue weighted by molar-refractivity contribution is -0.384. The van der Waals surface area contributed by atoms with Gasteiger partial charge >= 0.3 is 0 Å². The molecule has 90 valence electrons. The molecule has 1 aliphatic heterocycles. The van der Waals surface area contributed by atoms with Crippen LogP contribution in [0.15, 0.2) is 53.4 Å². The van der Waals surface area contributed by atoms with E-state index in [1.807, 2.05) is 28.6 Å². The first kappa shape index (κ1) is 11.1. The zero-order valence-electron chi connectivity index (χ0n) is 9.45. The molecule has 0 aliphatic carbocycles. The Morgan fingerprint density at radius 3 is 2.61 bits per heavy atom. The van der Waals surface area contributed by atoms with Gasteiger partial charge in [0.2, 0.25) is 0 Å². The highest BCUT2D eigenvalue weighted by Gasteiger charge is 2.25. The normalized spacial score (nSPS) is 13.4. The summed E-state index contributed by atoms with van der Waals surface area (Å²) in [5.41, 5.74) is 2.02. The van der Waals surface area contributed by atoms with Crippen molar-refractivity contribution in [3.8, 4) is 0 Å². The van der Waals surface area contributed by atoms with Crippen LogP contribution in [0.3, 0.4) is 0 Å². The molecule has 0 spiro atoms. The number of nitro groups is 1. The number of fused-ring (bicyclic) bond motifs is 1. The number of rotatable bonds is 2. The van der Waals surface area contributed by atoms with Gasteiger partial charge in [0.05, 0.1) is 11.5 Å². The van der Waals surface area contributed by atoms with Gasteiger partial charge in [-0.25, -0.2) is 0 Å². The Balaban J connectivity index is 1.98. The number of hydrogen-bond donors (Lipinski definition) is 0. The Kier molecular flexibility index (Phi) is 2.68. The molecule has 1 heterocycles. The number of benzene rings is 2. The van der Waals surface area contributed by atoms with Crippen LogP contribution in [0.2, 0.25) is 0 Å². The third-order valence-electron chi connectivity index (χ3n) is 2.84. The molecule has 0 aromatic heterocycles. The second kappa shape index (κ2) is 4.34. The monoisotopic (exact) mass is 258 g/mol. The van der Waals surface area contributed by atoms with Crippen molar-refractivity contribution >= 4 is 23.3 Å². The van der Waals surface area contributed by atoms with Gasteiger partial charge in [0, 0.05) is 11.0 Å². The summed E-state index contributed by atoms with van der Waals surface area (Å²) in [6.45, 7) is 0.700. The van der Waals surface area contributed by atoms with Crippen molar-refractivity contribution in [2.45, 2.75) is 11.4 Å². The fourth-order valence-corrected chi connectivity index (χ4v) is 3.08. The summed E-state index contributed by atoms with van der Waals surface area (Å²) in [5, 5.41) is 11.0. The van der Waals surface area contributed by atoms with Gasteiger partial charge in [-0.3, -0.25) is 10.1 Å². The fourth-order valence-electron chi connectivity index (χ4n) is 1.99. The predicted molar refractivity (Wildman–Crippen MR) is 71.6 cm³/mol. The lowest BCUT2D eigenvalue weighted by Gasteiger charge is -2.15. The zero-order chi connectivity index (χ0) is 12.5. The van der Waals surface area contributed by atoms with Gasteiger partial charge in [-0.2, -0.15) is 0 Å². The van der Waals surface area contributed by atoms with Crippen molar-refractivity contribution in [3.05, 3.63) is 64.2 Å². The zero-order valence-corrected chi connectivity index (χ0v) is 10.3. The molecule has 1 aliphatic rings. The molecule has 18 heavy (non-hydrogen) atoms. The lowest BCUT2D eigenvalue weighted by Crippen LogP contribution is -2.09. The maximum absolute atomic E-state index is 11.0. The van der Waals surface area contributed by atoms with Crippen molar-refractivity contribution in [2.75, 3.05) is 4.31 Å². The Morgan fingerprint density at radius 2 is 1.83 bits per heavy atom. The van der Waals surface area contributed by atoms with Crippen LogP contribution in [0.25, 0.3) is 0 Å². The number of hydrogen-bond acceptors (Lipinski definition) is 4. The number of para-hydroxylation sites is 2. The van der Waals surface area contributed by atoms with Gasteiger partial charge in [-0.1, -0.05) is 30.3 Å². The van der Waals surface area contributed by atoms with Crippen LogP contribution >= 0.6 is 11.9 Å². The molecule has 5 heteroatoms. The average molecular weight is 258 g/mol. The van der Waals surface area contributed by atoms with Crippen LogP contribution < -0.4 is 4.31 Å². The smallest absolute Gasteiger partial charge is 0.293 e. The van der Waals surface area contributed by atoms with Gasteiger partial charge in [0.25, 0.3) is 5.69 Å². The molecule has 0 fully saturated rings. The van der Waals surface area contributed by atoms with Crippen LogP contribution in [0, 0.1) is 10.1 Å². The Morgan fingerprint density at radius 1 is 1.11 bits per heavy atom. The number of anilines is 1. The second-order valence-electron chi connectivity index (χ2n) is 3.98. The third kappa shape index (κ3) is 1.82. The van der Waals surface area contributed by atoms with E-state index in [2.05, 4.69) is 6.07 Å². The molecule has 0 unspecified atom stereocenters. The fraction of sp³-hybridized carbons (Fsp3) is 0.0769. The molecule has 0 amide bonds. The van der Waals surface area contributed by atoms with Gasteiger partial charge in [-0.15, -0.1) is 0 Å². The Labute approximate surface area is 109 Å². The van der Waals surface area contributed by atoms with Crippen LogP contribution in [0.4, 0.5) is 11.4 Å². The van der Waals surface area contributed by atoms with E-state index < -0.39 is 0 Å². The van der Waals surface area contributed by atoms with Gasteiger partial charge in [-0.05, 0) is 29.6 Å². The first-order valence-electron chi connectivity index (χ1n) is 5.52. The molecule has 2 aromatic rings. The van der Waals surface area contributed by atoms with E-state index in [0.29, 0.717) is 12.2 Å². The van der Waals surface area contributed by atoms with Gasteiger partial charge in [0.15, 0.2) is 0 Å². The molecule has 0 bridgehead atoms. The third-order valence-corrected chi connectivity index (χ3v) is 3.98. The van der Waals surface area contributed by atoms with Crippen molar-refractivity contribution in [1.82, 2.24) is 0 Å². The van der Waals surface area contributed by atoms with Crippen LogP contribution in [-0.4, -0.2) is 4.92 Å². The van der Waals surface area contributed by atoms with E-state index in [4.69, 9.17) is 0 Å². The molecule has 0 saturated heterocycles. The molecule has 3 rings (SSSR count). The summed E-state index contributed by atoms with van der Waals surface area (Å²) < 4.78 is 1.96. The number of nitro benzene ring substituents is 1. The first-order chi connectivity index (χ1) is 8.75. The van der Waals surface area contributed by atoms with E-state index >= 15 is 0 Å². The van der Waals surface area contributed by atoms with Gasteiger partial charge < -0.3 is 4.31 Å². The SMILES string of the molecule is O=[N+]([O-])c1ccccc1N1Cc2ccccc2S1. The van der Waals surface area contributed by atoms with Crippen molar-refractivity contribution in [1.29, 1.82) is 0 Å². The maximum Gasteiger partial charge on any atom is 0.293 e. The molecule has 4 nitrogen and oxygen atoms in total. The molecular weight excluding hydrogens is 248 g/mol. The van der Waals surface area contributed by atoms with E-state index in [1.165, 1.54) is 5.56 Å². The summed E-state index contributed by atoms with van der Waals surface area (Å²) in [6.07, 6.45) is 0. The largest absolute Gasteiger partial charge is 0.302 e. The van der Waals surface area contributed by atoms with E-state index in [1.54, 1.807) is 30.1 Å². The van der Waals surface area contributed by atoms with E-state index in [-0.39, 0.29) is 10.6 Å². The van der Waals surface area contributed by atoms with Crippen LogP contribution in [-0.2, 0) is 6.54 Å². The quantitative estimate of drug-likeness (QED) is 0.469. The molecule has 2 aromatic carbocycles. The summed E-state index contributed by atoms with van der Waals surface area (Å²) in [6, 6.07) is 14.9. The van der Waals surface area contributed by atoms with Crippen LogP contribution in [0.1, 0.15) is 5.56 Å². The second-order valence-corrected chi connectivity index (χ2v) is 5.04. The standard InChI is InChI=1S/C13H10N2O2S/c16-15(17)12-7-3-2-6-11(12)14-9-10-5-1-4-8-13(10)18-14/h1-8H,9H2. The van der Waals surface area contributed by atoms with Crippen molar-refractivity contribution < 1.29 is 4.92 Å². The molecule has 0 N–H and O–H groups in total. The molecule has 0 atom stereocenters. The minimum absolute atomic E-state index is 0.151. The average Bonchev–Trinajstić information content (AvgIpc) is 2.82. The highest BCUT2D eigenvalue weighted by Crippen LogP contribution is 2.42. The minimum atomic E-state index is -0.334. The molecule has 0 saturated carbocycles. The predicted octanol–water partition coefficient (Wildman–Crippen LogP) is 3.62. The maximum atomic E-state index is 11.0. The first-order valence-corrected chi connectivity index (χ1v) is 6.30. The minimum Gasteiger partial charge on any atom is -0.302 e. The van der Waals surface area contributed by atoms with Crippen molar-refractivity contribution in [2.24, 2.45) is 0 Å². The highest BCUT2D eigenvalue weighted by molar-refractivity contribution is 8.01. The lowest BCUT2D eigenvalue weighted by atomic mass is 10.2. The molecule has 0 radical (unpaired) electrons. The Hall–Kier alpha value is -2.01. The summed E-state index contributed by atoms with van der Waals surface area (Å²) in [4.78, 5) is 11.8. The summed E-state index contributed by atoms with van der Waals surface area (Å²) in [7, 11) is 0. The van der Waals surface area contributed by atoms with Crippen LogP contribution in [0.5, 0.6) is 0 Å². The van der Waals surface area contributed by atoms with E-state index in [0.717, 1.165) is 4.90 Å². The summed E-state index contributed by atoms with van der Waals surface area (Å²) in [5.74, 6) is 0. The van der Waals surface area contributed by atoms with Gasteiger partial charge in [0.1, 0.15) is 5.69 Å². The highest BCUT2D eigenvalue weighted by atomic mass is 32.2. The molecular formula is C13H10N2O2S. The van der Waals surface area contributed by atoms with Crippen molar-refractivity contribution in [3.63, 3.8) is 0 Å². The Bertz CT molecular complexity index is 590.